The Bertz CT molecular complexity index is 484. The lowest BCUT2D eigenvalue weighted by atomic mass is 10.1. The average Bonchev–Trinajstić information content (AvgIpc) is 2.97. The van der Waals surface area contributed by atoms with E-state index in [9.17, 15) is 9.90 Å². The highest BCUT2D eigenvalue weighted by Gasteiger charge is 2.29. The van der Waals surface area contributed by atoms with Crippen LogP contribution in [0.2, 0.25) is 0 Å². The number of amides is 2. The van der Waals surface area contributed by atoms with E-state index < -0.39 is 0 Å². The van der Waals surface area contributed by atoms with Gasteiger partial charge in [0.25, 0.3) is 0 Å². The molecule has 2 rings (SSSR count). The van der Waals surface area contributed by atoms with Gasteiger partial charge in [-0.1, -0.05) is 13.3 Å². The van der Waals surface area contributed by atoms with Gasteiger partial charge >= 0.3 is 6.03 Å². The van der Waals surface area contributed by atoms with Gasteiger partial charge in [0.1, 0.15) is 5.82 Å². The van der Waals surface area contributed by atoms with Crippen LogP contribution in [0.15, 0.2) is 6.07 Å². The molecule has 2 amide bonds. The van der Waals surface area contributed by atoms with Crippen molar-refractivity contribution in [1.82, 2.24) is 14.7 Å². The SMILES string of the molecule is CCCc1cc(NC(=O)N2CCCC2CC(C)O)n(C)n1. The largest absolute Gasteiger partial charge is 0.393 e. The molecule has 118 valence electrons. The minimum Gasteiger partial charge on any atom is -0.393 e. The van der Waals surface area contributed by atoms with Crippen LogP contribution in [0.1, 0.15) is 45.2 Å². The summed E-state index contributed by atoms with van der Waals surface area (Å²) in [4.78, 5) is 14.3. The Kier molecular flexibility index (Phi) is 5.22. The Morgan fingerprint density at radius 1 is 1.62 bits per heavy atom. The first-order chi connectivity index (χ1) is 10.0. The minimum atomic E-state index is -0.378. The van der Waals surface area contributed by atoms with E-state index in [0.717, 1.165) is 43.7 Å². The number of nitrogens with one attached hydrogen (secondary N) is 1. The third-order valence-electron chi connectivity index (χ3n) is 3.92. The lowest BCUT2D eigenvalue weighted by Crippen LogP contribution is -2.40. The minimum absolute atomic E-state index is 0.0933. The van der Waals surface area contributed by atoms with Crippen molar-refractivity contribution in [1.29, 1.82) is 0 Å². The van der Waals surface area contributed by atoms with E-state index in [2.05, 4.69) is 17.3 Å². The molecule has 0 aromatic carbocycles. The molecule has 1 aliphatic rings. The number of hydrogen-bond acceptors (Lipinski definition) is 3. The van der Waals surface area contributed by atoms with Crippen LogP contribution < -0.4 is 5.32 Å². The Morgan fingerprint density at radius 2 is 2.38 bits per heavy atom. The molecule has 2 heterocycles. The van der Waals surface area contributed by atoms with Gasteiger partial charge in [0, 0.05) is 25.7 Å². The van der Waals surface area contributed by atoms with Gasteiger partial charge in [-0.15, -0.1) is 0 Å². The zero-order valence-electron chi connectivity index (χ0n) is 13.2. The van der Waals surface area contributed by atoms with Gasteiger partial charge in [-0.3, -0.25) is 10.00 Å². The molecule has 0 radical (unpaired) electrons. The van der Waals surface area contributed by atoms with Crippen LogP contribution in [0.4, 0.5) is 10.6 Å². The van der Waals surface area contributed by atoms with Crippen molar-refractivity contribution >= 4 is 11.8 Å². The Hall–Kier alpha value is -1.56. The van der Waals surface area contributed by atoms with E-state index in [1.807, 2.05) is 18.0 Å². The molecule has 6 heteroatoms. The number of likely N-dealkylation sites (tertiary alicyclic amines) is 1. The Labute approximate surface area is 126 Å². The number of nitrogens with zero attached hydrogens (tertiary/aromatic N) is 3. The first kappa shape index (κ1) is 15.8. The summed E-state index contributed by atoms with van der Waals surface area (Å²) < 4.78 is 1.71. The number of anilines is 1. The summed E-state index contributed by atoms with van der Waals surface area (Å²) in [6.45, 7) is 4.63. The van der Waals surface area contributed by atoms with Crippen molar-refractivity contribution in [3.63, 3.8) is 0 Å². The molecule has 21 heavy (non-hydrogen) atoms. The van der Waals surface area contributed by atoms with Crippen LogP contribution in [0, 0.1) is 0 Å². The number of aliphatic hydroxyl groups excluding tert-OH is 1. The summed E-state index contributed by atoms with van der Waals surface area (Å²) in [5, 5.41) is 16.9. The highest BCUT2D eigenvalue weighted by molar-refractivity contribution is 5.88. The topological polar surface area (TPSA) is 70.4 Å². The molecule has 0 spiro atoms. The van der Waals surface area contributed by atoms with Crippen LogP contribution in [0.5, 0.6) is 0 Å². The van der Waals surface area contributed by atoms with Crippen molar-refractivity contribution in [2.75, 3.05) is 11.9 Å². The lowest BCUT2D eigenvalue weighted by molar-refractivity contribution is 0.142. The molecule has 2 atom stereocenters. The van der Waals surface area contributed by atoms with E-state index >= 15 is 0 Å². The predicted molar refractivity (Wildman–Crippen MR) is 82.2 cm³/mol. The van der Waals surface area contributed by atoms with Gasteiger partial charge in [-0.25, -0.2) is 4.79 Å². The van der Waals surface area contributed by atoms with Crippen molar-refractivity contribution in [3.05, 3.63) is 11.8 Å². The van der Waals surface area contributed by atoms with E-state index in [1.165, 1.54) is 0 Å². The number of aliphatic hydroxyl groups is 1. The molecule has 1 fully saturated rings. The van der Waals surface area contributed by atoms with Gasteiger partial charge in [0.05, 0.1) is 11.8 Å². The maximum Gasteiger partial charge on any atom is 0.323 e. The molecule has 1 saturated heterocycles. The normalized spacial score (nSPS) is 19.8. The lowest BCUT2D eigenvalue weighted by Gasteiger charge is -2.25. The summed E-state index contributed by atoms with van der Waals surface area (Å²) in [7, 11) is 1.84. The fraction of sp³-hybridized carbons (Fsp3) is 0.733. The van der Waals surface area contributed by atoms with Crippen molar-refractivity contribution in [2.24, 2.45) is 7.05 Å². The van der Waals surface area contributed by atoms with Crippen molar-refractivity contribution in [3.8, 4) is 0 Å². The fourth-order valence-corrected chi connectivity index (χ4v) is 2.95. The molecule has 0 bridgehead atoms. The zero-order valence-corrected chi connectivity index (χ0v) is 13.2. The monoisotopic (exact) mass is 294 g/mol. The van der Waals surface area contributed by atoms with E-state index in [1.54, 1.807) is 11.6 Å². The molecule has 1 aliphatic heterocycles. The van der Waals surface area contributed by atoms with Crippen LogP contribution >= 0.6 is 0 Å². The quantitative estimate of drug-likeness (QED) is 0.874. The number of rotatable bonds is 5. The third-order valence-corrected chi connectivity index (χ3v) is 3.92. The van der Waals surface area contributed by atoms with Crippen molar-refractivity contribution < 1.29 is 9.90 Å². The number of aryl methyl sites for hydroxylation is 2. The summed E-state index contributed by atoms with van der Waals surface area (Å²) in [6, 6.07) is 1.97. The number of urea groups is 1. The second-order valence-corrected chi connectivity index (χ2v) is 5.90. The predicted octanol–water partition coefficient (Wildman–Crippen LogP) is 2.14. The smallest absolute Gasteiger partial charge is 0.323 e. The van der Waals surface area contributed by atoms with Crippen LogP contribution in [-0.4, -0.2) is 44.5 Å². The Balaban J connectivity index is 2.00. The summed E-state index contributed by atoms with van der Waals surface area (Å²) in [5.41, 5.74) is 0.997. The van der Waals surface area contributed by atoms with Gasteiger partial charge in [-0.2, -0.15) is 5.10 Å². The third kappa shape index (κ3) is 3.97. The molecule has 2 unspecified atom stereocenters. The van der Waals surface area contributed by atoms with Crippen LogP contribution in [0.25, 0.3) is 0 Å². The summed E-state index contributed by atoms with van der Waals surface area (Å²) in [5.74, 6) is 0.728. The molecule has 0 saturated carbocycles. The fourth-order valence-electron chi connectivity index (χ4n) is 2.95. The number of aromatic nitrogens is 2. The summed E-state index contributed by atoms with van der Waals surface area (Å²) in [6.07, 6.45) is 4.17. The first-order valence-electron chi connectivity index (χ1n) is 7.79. The maximum atomic E-state index is 12.4. The zero-order chi connectivity index (χ0) is 15.4. The standard InChI is InChI=1S/C15H26N4O2/c1-4-6-12-10-14(18(3)17-12)16-15(21)19-8-5-7-13(19)9-11(2)20/h10-11,13,20H,4-9H2,1-3H3,(H,16,21). The van der Waals surface area contributed by atoms with E-state index in [-0.39, 0.29) is 18.2 Å². The van der Waals surface area contributed by atoms with Gasteiger partial charge in [-0.05, 0) is 32.6 Å². The molecule has 2 N–H and O–H groups in total. The van der Waals surface area contributed by atoms with E-state index in [0.29, 0.717) is 6.42 Å². The van der Waals surface area contributed by atoms with Gasteiger partial charge in [0.15, 0.2) is 0 Å². The highest BCUT2D eigenvalue weighted by atomic mass is 16.3. The van der Waals surface area contributed by atoms with Crippen LogP contribution in [0.3, 0.4) is 0 Å². The maximum absolute atomic E-state index is 12.4. The molecule has 1 aromatic rings. The number of hydrogen-bond donors (Lipinski definition) is 2. The van der Waals surface area contributed by atoms with Gasteiger partial charge in [0.2, 0.25) is 0 Å². The molecule has 0 aliphatic carbocycles. The van der Waals surface area contributed by atoms with E-state index in [4.69, 9.17) is 0 Å². The summed E-state index contributed by atoms with van der Waals surface area (Å²) >= 11 is 0. The first-order valence-corrected chi connectivity index (χ1v) is 7.79. The second kappa shape index (κ2) is 6.93. The number of carbonyl (C=O) groups is 1. The highest BCUT2D eigenvalue weighted by Crippen LogP contribution is 2.22. The van der Waals surface area contributed by atoms with Gasteiger partial charge < -0.3 is 10.0 Å². The second-order valence-electron chi connectivity index (χ2n) is 5.90. The average molecular weight is 294 g/mol. The molecule has 6 nitrogen and oxygen atoms in total. The molecular formula is C15H26N4O2. The Morgan fingerprint density at radius 3 is 3.05 bits per heavy atom. The molecular weight excluding hydrogens is 268 g/mol. The van der Waals surface area contributed by atoms with Crippen LogP contribution in [-0.2, 0) is 13.5 Å². The molecule has 1 aromatic heterocycles. The van der Waals surface area contributed by atoms with Crippen molar-refractivity contribution in [2.45, 2.75) is 58.1 Å². The number of carbonyl (C=O) groups excluding carboxylic acids is 1.